The molecule has 0 aromatic heterocycles. The minimum atomic E-state index is -2.64. The van der Waals surface area contributed by atoms with Crippen LogP contribution in [0.5, 0.6) is 0 Å². The summed E-state index contributed by atoms with van der Waals surface area (Å²) >= 11 is 0. The molecule has 0 aliphatic carbocycles. The highest BCUT2D eigenvalue weighted by Crippen LogP contribution is 2.57. The predicted octanol–water partition coefficient (Wildman–Crippen LogP) is 3.40. The van der Waals surface area contributed by atoms with Gasteiger partial charge in [-0.25, -0.2) is 0 Å². The van der Waals surface area contributed by atoms with Gasteiger partial charge in [-0.1, -0.05) is 12.1 Å². The van der Waals surface area contributed by atoms with Gasteiger partial charge in [-0.15, -0.1) is 10.6 Å². The van der Waals surface area contributed by atoms with Crippen LogP contribution in [0, 0.1) is 13.8 Å². The van der Waals surface area contributed by atoms with Crippen molar-refractivity contribution in [2.75, 3.05) is 0 Å². The van der Waals surface area contributed by atoms with E-state index in [1.807, 2.05) is 26.0 Å². The lowest BCUT2D eigenvalue weighted by atomic mass is 10.1. The molecule has 1 aromatic rings. The largest absolute Gasteiger partial charge is 0.291 e. The van der Waals surface area contributed by atoms with Crippen LogP contribution in [0.3, 0.4) is 0 Å². The summed E-state index contributed by atoms with van der Waals surface area (Å²) < 4.78 is 19.4. The molecule has 1 aromatic carbocycles. The Kier molecular flexibility index (Phi) is 1.77. The number of benzene rings is 1. The molecule has 13 heavy (non-hydrogen) atoms. The quantitative estimate of drug-likeness (QED) is 0.667. The van der Waals surface area contributed by atoms with Crippen molar-refractivity contribution >= 4 is 16.7 Å². The van der Waals surface area contributed by atoms with Gasteiger partial charge >= 0.3 is 0 Å². The fraction of sp³-hybridized carbons (Fsp3) is 0.200. The van der Waals surface area contributed by atoms with Gasteiger partial charge in [-0.05, 0) is 36.6 Å². The smallest absolute Gasteiger partial charge is 0.0734 e. The Morgan fingerprint density at radius 3 is 2.54 bits per heavy atom. The number of fused-ring (bicyclic) bond motifs is 1. The summed E-state index contributed by atoms with van der Waals surface area (Å²) in [5, 5.41) is 1.49. The summed E-state index contributed by atoms with van der Waals surface area (Å²) in [5.74, 6) is 0. The second kappa shape index (κ2) is 2.61. The van der Waals surface area contributed by atoms with Gasteiger partial charge in [0.1, 0.15) is 0 Å². The second-order valence-corrected chi connectivity index (χ2v) is 5.19. The number of hydrogen-bond donors (Lipinski definition) is 2. The summed E-state index contributed by atoms with van der Waals surface area (Å²) in [4.78, 5) is 0.701. The van der Waals surface area contributed by atoms with Crippen molar-refractivity contribution in [2.45, 2.75) is 18.7 Å². The molecule has 0 bridgehead atoms. The first-order valence-corrected chi connectivity index (χ1v) is 5.70. The molecule has 3 heteroatoms. The van der Waals surface area contributed by atoms with Crippen LogP contribution in [0.1, 0.15) is 16.7 Å². The van der Waals surface area contributed by atoms with E-state index in [2.05, 4.69) is 0 Å². The van der Waals surface area contributed by atoms with E-state index in [-0.39, 0.29) is 0 Å². The highest BCUT2D eigenvalue weighted by Gasteiger charge is 2.23. The molecular weight excluding hydrogens is 184 g/mol. The third kappa shape index (κ3) is 1.20. The van der Waals surface area contributed by atoms with E-state index in [1.54, 1.807) is 6.08 Å². The average molecular weight is 196 g/mol. The van der Waals surface area contributed by atoms with Crippen molar-refractivity contribution < 1.29 is 9.11 Å². The number of hydrogen-bond acceptors (Lipinski definition) is 2. The Balaban J connectivity index is 2.73. The summed E-state index contributed by atoms with van der Waals surface area (Å²) in [7, 11) is -2.64. The maximum absolute atomic E-state index is 9.70. The lowest BCUT2D eigenvalue weighted by molar-refractivity contribution is 0.500. The van der Waals surface area contributed by atoms with Gasteiger partial charge < -0.3 is 0 Å². The van der Waals surface area contributed by atoms with Crippen LogP contribution in [0.2, 0.25) is 0 Å². The number of aryl methyl sites for hydroxylation is 1. The van der Waals surface area contributed by atoms with E-state index in [1.165, 1.54) is 5.41 Å². The standard InChI is InChI=1S/C10H12O2S/c1-7-3-4-9-5-6-13(11,12)10(9)8(7)2/h3-6,11-12H,1-2H3. The van der Waals surface area contributed by atoms with Crippen LogP contribution in [0.15, 0.2) is 22.4 Å². The molecule has 2 nitrogen and oxygen atoms in total. The minimum absolute atomic E-state index is 0.701. The first kappa shape index (κ1) is 8.81. The highest BCUT2D eigenvalue weighted by atomic mass is 32.3. The molecule has 0 atom stereocenters. The molecule has 1 aliphatic rings. The molecule has 1 heterocycles. The number of rotatable bonds is 0. The lowest BCUT2D eigenvalue weighted by Gasteiger charge is -2.27. The maximum atomic E-state index is 9.70. The summed E-state index contributed by atoms with van der Waals surface area (Å²) in [6.45, 7) is 3.90. The zero-order valence-electron chi connectivity index (χ0n) is 7.61. The third-order valence-electron chi connectivity index (χ3n) is 2.44. The van der Waals surface area contributed by atoms with Crippen LogP contribution in [-0.2, 0) is 0 Å². The zero-order valence-corrected chi connectivity index (χ0v) is 8.43. The van der Waals surface area contributed by atoms with Crippen molar-refractivity contribution in [1.82, 2.24) is 0 Å². The molecule has 0 saturated heterocycles. The van der Waals surface area contributed by atoms with E-state index in [0.717, 1.165) is 16.7 Å². The Hall–Kier alpha value is -0.770. The topological polar surface area (TPSA) is 40.5 Å². The molecule has 2 rings (SSSR count). The first-order chi connectivity index (χ1) is 6.02. The molecule has 1 aliphatic heterocycles. The van der Waals surface area contributed by atoms with Gasteiger partial charge in [-0.2, -0.15) is 0 Å². The summed E-state index contributed by atoms with van der Waals surface area (Å²) in [6.07, 6.45) is 1.77. The SMILES string of the molecule is Cc1ccc2c(c1C)S(O)(O)C=C2. The Morgan fingerprint density at radius 2 is 1.85 bits per heavy atom. The van der Waals surface area contributed by atoms with Gasteiger partial charge in [0.2, 0.25) is 0 Å². The fourth-order valence-corrected chi connectivity index (χ4v) is 3.14. The molecule has 0 unspecified atom stereocenters. The molecule has 0 fully saturated rings. The molecule has 0 amide bonds. The fourth-order valence-electron chi connectivity index (χ4n) is 1.58. The molecule has 0 saturated carbocycles. The molecule has 0 spiro atoms. The van der Waals surface area contributed by atoms with Crippen molar-refractivity contribution in [1.29, 1.82) is 0 Å². The van der Waals surface area contributed by atoms with Gasteiger partial charge in [0, 0.05) is 5.41 Å². The maximum Gasteiger partial charge on any atom is 0.0734 e. The Labute approximate surface area is 79.3 Å². The van der Waals surface area contributed by atoms with E-state index < -0.39 is 10.6 Å². The van der Waals surface area contributed by atoms with Crippen LogP contribution in [-0.4, -0.2) is 9.11 Å². The van der Waals surface area contributed by atoms with E-state index >= 15 is 0 Å². The molecule has 2 N–H and O–H groups in total. The Bertz CT molecular complexity index is 394. The normalized spacial score (nSPS) is 20.0. The third-order valence-corrected chi connectivity index (χ3v) is 4.10. The van der Waals surface area contributed by atoms with Crippen LogP contribution >= 0.6 is 10.6 Å². The van der Waals surface area contributed by atoms with E-state index in [0.29, 0.717) is 4.90 Å². The van der Waals surface area contributed by atoms with Crippen molar-refractivity contribution in [3.05, 3.63) is 34.2 Å². The average Bonchev–Trinajstić information content (AvgIpc) is 2.35. The highest BCUT2D eigenvalue weighted by molar-refractivity contribution is 8.27. The summed E-state index contributed by atoms with van der Waals surface area (Å²) in [6, 6.07) is 3.93. The van der Waals surface area contributed by atoms with Crippen LogP contribution in [0.25, 0.3) is 6.08 Å². The first-order valence-electron chi connectivity index (χ1n) is 4.09. The minimum Gasteiger partial charge on any atom is -0.291 e. The Morgan fingerprint density at radius 1 is 1.15 bits per heavy atom. The van der Waals surface area contributed by atoms with Gasteiger partial charge in [0.25, 0.3) is 0 Å². The van der Waals surface area contributed by atoms with E-state index in [9.17, 15) is 9.11 Å². The summed E-state index contributed by atoms with van der Waals surface area (Å²) in [5.41, 5.74) is 3.02. The van der Waals surface area contributed by atoms with Crippen molar-refractivity contribution in [2.24, 2.45) is 0 Å². The van der Waals surface area contributed by atoms with Crippen LogP contribution in [0.4, 0.5) is 0 Å². The van der Waals surface area contributed by atoms with Crippen molar-refractivity contribution in [3.63, 3.8) is 0 Å². The van der Waals surface area contributed by atoms with Crippen molar-refractivity contribution in [3.8, 4) is 0 Å². The van der Waals surface area contributed by atoms with E-state index in [4.69, 9.17) is 0 Å². The predicted molar refractivity (Wildman–Crippen MR) is 56.1 cm³/mol. The van der Waals surface area contributed by atoms with Gasteiger partial charge in [0.15, 0.2) is 0 Å². The molecular formula is C10H12O2S. The molecule has 70 valence electrons. The zero-order chi connectivity index (χ0) is 9.64. The van der Waals surface area contributed by atoms with Gasteiger partial charge in [0.05, 0.1) is 4.90 Å². The van der Waals surface area contributed by atoms with Crippen LogP contribution < -0.4 is 0 Å². The van der Waals surface area contributed by atoms with Gasteiger partial charge in [-0.3, -0.25) is 9.11 Å². The second-order valence-electron chi connectivity index (χ2n) is 3.32. The molecule has 0 radical (unpaired) electrons. The monoisotopic (exact) mass is 196 g/mol. The lowest BCUT2D eigenvalue weighted by Crippen LogP contribution is -1.96.